The third-order valence-corrected chi connectivity index (χ3v) is 7.94. The first-order chi connectivity index (χ1) is 20.0. The molecular formula is C34H32N4O2S. The van der Waals surface area contributed by atoms with Crippen LogP contribution in [0.4, 0.5) is 5.69 Å². The zero-order valence-corrected chi connectivity index (χ0v) is 24.1. The second-order valence-corrected chi connectivity index (χ2v) is 10.6. The van der Waals surface area contributed by atoms with Gasteiger partial charge in [0.15, 0.2) is 5.11 Å². The Labute approximate surface area is 246 Å². The van der Waals surface area contributed by atoms with Gasteiger partial charge >= 0.3 is 0 Å². The molecule has 1 fully saturated rings. The van der Waals surface area contributed by atoms with E-state index in [0.29, 0.717) is 5.11 Å². The largest absolute Gasteiger partial charge is 0.497 e. The van der Waals surface area contributed by atoms with Gasteiger partial charge in [-0.1, -0.05) is 36.4 Å². The van der Waals surface area contributed by atoms with Crippen LogP contribution in [0.5, 0.6) is 17.2 Å². The summed E-state index contributed by atoms with van der Waals surface area (Å²) in [6.45, 7) is 5.19. The van der Waals surface area contributed by atoms with Gasteiger partial charge in [0.2, 0.25) is 0 Å². The predicted molar refractivity (Wildman–Crippen MR) is 167 cm³/mol. The third-order valence-electron chi connectivity index (χ3n) is 7.62. The number of rotatable bonds is 8. The van der Waals surface area contributed by atoms with Crippen LogP contribution in [0.15, 0.2) is 109 Å². The molecule has 3 aromatic carbocycles. The smallest absolute Gasteiger partial charge is 0.174 e. The summed E-state index contributed by atoms with van der Waals surface area (Å²) in [6, 6.07) is 34.3. The Kier molecular flexibility index (Phi) is 7.44. The number of nitrogens with zero attached hydrogens (tertiary/aromatic N) is 3. The van der Waals surface area contributed by atoms with Crippen LogP contribution in [0.1, 0.15) is 40.3 Å². The number of anilines is 1. The summed E-state index contributed by atoms with van der Waals surface area (Å²) in [5.41, 5.74) is 6.86. The number of benzene rings is 3. The molecule has 0 amide bonds. The fourth-order valence-electron chi connectivity index (χ4n) is 5.54. The van der Waals surface area contributed by atoms with Crippen molar-refractivity contribution in [2.24, 2.45) is 0 Å². The molecule has 3 heterocycles. The van der Waals surface area contributed by atoms with Gasteiger partial charge < -0.3 is 24.3 Å². The summed E-state index contributed by atoms with van der Waals surface area (Å²) in [4.78, 5) is 6.92. The van der Waals surface area contributed by atoms with Crippen LogP contribution in [0.3, 0.4) is 0 Å². The zero-order valence-electron chi connectivity index (χ0n) is 23.3. The highest BCUT2D eigenvalue weighted by Gasteiger charge is 2.42. The van der Waals surface area contributed by atoms with Crippen LogP contribution in [0.25, 0.3) is 0 Å². The standard InChI is InChI=1S/C34H32N4O2S/c1-23-21-30(24(2)37(23)22-25-9-5-4-6-10-25)33-32(31-11-7-8-20-35-31)36-34(41)38(33)26-12-14-28(15-13-26)40-29-18-16-27(39-3)17-19-29/h4-21,32-33H,22H2,1-3H3,(H,36,41). The van der Waals surface area contributed by atoms with Crippen molar-refractivity contribution in [2.45, 2.75) is 32.5 Å². The van der Waals surface area contributed by atoms with E-state index >= 15 is 0 Å². The summed E-state index contributed by atoms with van der Waals surface area (Å²) in [7, 11) is 1.65. The highest BCUT2D eigenvalue weighted by atomic mass is 32.1. The van der Waals surface area contributed by atoms with Crippen molar-refractivity contribution in [3.63, 3.8) is 0 Å². The van der Waals surface area contributed by atoms with E-state index < -0.39 is 0 Å². The number of nitrogens with one attached hydrogen (secondary N) is 1. The molecule has 0 spiro atoms. The molecule has 206 valence electrons. The van der Waals surface area contributed by atoms with Gasteiger partial charge in [0.1, 0.15) is 17.2 Å². The Morgan fingerprint density at radius 3 is 2.15 bits per heavy atom. The van der Waals surface area contributed by atoms with E-state index in [1.165, 1.54) is 22.5 Å². The Bertz CT molecular complexity index is 1630. The molecule has 2 aromatic heterocycles. The normalized spacial score (nSPS) is 16.5. The predicted octanol–water partition coefficient (Wildman–Crippen LogP) is 7.53. The minimum atomic E-state index is -0.107. The van der Waals surface area contributed by atoms with E-state index in [0.717, 1.165) is 35.2 Å². The molecule has 5 aromatic rings. The maximum absolute atomic E-state index is 6.08. The van der Waals surface area contributed by atoms with Crippen LogP contribution in [-0.4, -0.2) is 21.8 Å². The molecule has 0 saturated carbocycles. The van der Waals surface area contributed by atoms with Crippen molar-refractivity contribution in [2.75, 3.05) is 12.0 Å². The lowest BCUT2D eigenvalue weighted by atomic mass is 9.96. The van der Waals surface area contributed by atoms with Gasteiger partial charge in [-0.3, -0.25) is 4.98 Å². The summed E-state index contributed by atoms with van der Waals surface area (Å²) in [6.07, 6.45) is 1.84. The van der Waals surface area contributed by atoms with Gasteiger partial charge in [-0.2, -0.15) is 0 Å². The topological polar surface area (TPSA) is 51.6 Å². The van der Waals surface area contributed by atoms with Crippen LogP contribution in [-0.2, 0) is 6.54 Å². The van der Waals surface area contributed by atoms with E-state index in [-0.39, 0.29) is 12.1 Å². The quantitative estimate of drug-likeness (QED) is 0.198. The number of aromatic nitrogens is 2. The lowest BCUT2D eigenvalue weighted by Crippen LogP contribution is -2.29. The van der Waals surface area contributed by atoms with Crippen LogP contribution < -0.4 is 19.7 Å². The first kappa shape index (κ1) is 26.6. The minimum Gasteiger partial charge on any atom is -0.497 e. The molecular weight excluding hydrogens is 528 g/mol. The van der Waals surface area contributed by atoms with Crippen molar-refractivity contribution in [1.82, 2.24) is 14.9 Å². The number of aryl methyl sites for hydroxylation is 1. The molecule has 1 saturated heterocycles. The molecule has 6 nitrogen and oxygen atoms in total. The molecule has 41 heavy (non-hydrogen) atoms. The van der Waals surface area contributed by atoms with Crippen LogP contribution >= 0.6 is 12.2 Å². The fourth-order valence-corrected chi connectivity index (χ4v) is 5.89. The van der Waals surface area contributed by atoms with Crippen LogP contribution in [0, 0.1) is 13.8 Å². The first-order valence-electron chi connectivity index (χ1n) is 13.6. The Morgan fingerprint density at radius 1 is 0.829 bits per heavy atom. The molecule has 1 aliphatic heterocycles. The van der Waals surface area contributed by atoms with E-state index in [4.69, 9.17) is 26.7 Å². The summed E-state index contributed by atoms with van der Waals surface area (Å²) >= 11 is 5.96. The number of hydrogen-bond donors (Lipinski definition) is 1. The summed E-state index contributed by atoms with van der Waals surface area (Å²) in [5.74, 6) is 2.28. The number of hydrogen-bond acceptors (Lipinski definition) is 4. The van der Waals surface area contributed by atoms with Gasteiger partial charge in [-0.15, -0.1) is 0 Å². The van der Waals surface area contributed by atoms with E-state index in [1.54, 1.807) is 7.11 Å². The number of thiocarbonyl (C=S) groups is 1. The molecule has 6 rings (SSSR count). The SMILES string of the molecule is COc1ccc(Oc2ccc(N3C(=S)NC(c4ccccn4)C3c3cc(C)n(Cc4ccccc4)c3C)cc2)cc1. The van der Waals surface area contributed by atoms with Gasteiger partial charge in [0.25, 0.3) is 0 Å². The molecule has 0 radical (unpaired) electrons. The first-order valence-corrected chi connectivity index (χ1v) is 14.1. The zero-order chi connectivity index (χ0) is 28.3. The maximum Gasteiger partial charge on any atom is 0.174 e. The molecule has 1 N–H and O–H groups in total. The highest BCUT2D eigenvalue weighted by molar-refractivity contribution is 7.80. The maximum atomic E-state index is 6.08. The second kappa shape index (κ2) is 11.5. The average molecular weight is 561 g/mol. The average Bonchev–Trinajstić information content (AvgIpc) is 3.49. The van der Waals surface area contributed by atoms with Crippen LogP contribution in [0.2, 0.25) is 0 Å². The molecule has 0 aliphatic carbocycles. The van der Waals surface area contributed by atoms with Crippen molar-refractivity contribution < 1.29 is 9.47 Å². The van der Waals surface area contributed by atoms with Crippen molar-refractivity contribution in [3.8, 4) is 17.2 Å². The van der Waals surface area contributed by atoms with Gasteiger partial charge in [0.05, 0.1) is 24.9 Å². The molecule has 7 heteroatoms. The van der Waals surface area contributed by atoms with Gasteiger partial charge in [-0.25, -0.2) is 0 Å². The molecule has 0 bridgehead atoms. The fraction of sp³-hybridized carbons (Fsp3) is 0.176. The van der Waals surface area contributed by atoms with Crippen molar-refractivity contribution >= 4 is 23.0 Å². The lowest BCUT2D eigenvalue weighted by molar-refractivity contribution is 0.413. The number of ether oxygens (including phenoxy) is 2. The Morgan fingerprint density at radius 2 is 1.49 bits per heavy atom. The highest BCUT2D eigenvalue weighted by Crippen LogP contribution is 2.43. The Hall–Kier alpha value is -4.62. The third kappa shape index (κ3) is 5.41. The minimum absolute atomic E-state index is 0.0820. The molecule has 1 aliphatic rings. The molecule has 2 atom stereocenters. The number of pyridine rings is 1. The summed E-state index contributed by atoms with van der Waals surface area (Å²) < 4.78 is 13.7. The monoisotopic (exact) mass is 560 g/mol. The molecule has 2 unspecified atom stereocenters. The van der Waals surface area contributed by atoms with Crippen molar-refractivity contribution in [1.29, 1.82) is 0 Å². The Balaban J connectivity index is 1.35. The van der Waals surface area contributed by atoms with Crippen molar-refractivity contribution in [3.05, 3.63) is 138 Å². The van der Waals surface area contributed by atoms with E-state index in [2.05, 4.69) is 83.2 Å². The van der Waals surface area contributed by atoms with E-state index in [9.17, 15) is 0 Å². The summed E-state index contributed by atoms with van der Waals surface area (Å²) in [5, 5.41) is 4.25. The van der Waals surface area contributed by atoms with E-state index in [1.807, 2.05) is 54.7 Å². The number of methoxy groups -OCH3 is 1. The van der Waals surface area contributed by atoms with Gasteiger partial charge in [-0.05, 0) is 104 Å². The lowest BCUT2D eigenvalue weighted by Gasteiger charge is -2.28. The van der Waals surface area contributed by atoms with Gasteiger partial charge in [0, 0.05) is 29.8 Å². The second-order valence-electron chi connectivity index (χ2n) is 10.2.